The Morgan fingerprint density at radius 2 is 1.33 bits per heavy atom. The lowest BCUT2D eigenvalue weighted by molar-refractivity contribution is 0.0459. The first-order valence-corrected chi connectivity index (χ1v) is 13.9. The van der Waals surface area contributed by atoms with Crippen LogP contribution in [0.25, 0.3) is 22.2 Å². The van der Waals surface area contributed by atoms with Crippen molar-refractivity contribution < 1.29 is 24.1 Å². The third-order valence-electron chi connectivity index (χ3n) is 7.11. The molecule has 0 fully saturated rings. The molecule has 7 nitrogen and oxygen atoms in total. The molecule has 2 aromatic heterocycles. The highest BCUT2D eigenvalue weighted by Gasteiger charge is 2.29. The quantitative estimate of drug-likeness (QED) is 0.172. The smallest absolute Gasteiger partial charge is 0.348 e. The summed E-state index contributed by atoms with van der Waals surface area (Å²) in [6.07, 6.45) is 1.97. The SMILES string of the molecule is Cn1ccc2cc(-c3nc(OCc4ccccc4)c(C(=O)OCc4ccccc4)c(OCc4ccccc4)c3O)ccc21. The maximum Gasteiger partial charge on any atom is 0.348 e. The van der Waals surface area contributed by atoms with Gasteiger partial charge in [0.05, 0.1) is 0 Å². The van der Waals surface area contributed by atoms with Gasteiger partial charge < -0.3 is 23.9 Å². The van der Waals surface area contributed by atoms with E-state index in [0.717, 1.165) is 27.6 Å². The number of aryl methyl sites for hydroxylation is 1. The number of benzene rings is 4. The molecule has 43 heavy (non-hydrogen) atoms. The average Bonchev–Trinajstić information content (AvgIpc) is 3.43. The molecule has 6 rings (SSSR count). The minimum Gasteiger partial charge on any atom is -0.503 e. The van der Waals surface area contributed by atoms with E-state index in [-0.39, 0.29) is 48.5 Å². The molecule has 214 valence electrons. The number of aromatic hydroxyl groups is 1. The summed E-state index contributed by atoms with van der Waals surface area (Å²) in [4.78, 5) is 18.4. The van der Waals surface area contributed by atoms with Gasteiger partial charge >= 0.3 is 5.97 Å². The third-order valence-corrected chi connectivity index (χ3v) is 7.11. The minimum atomic E-state index is -0.720. The number of aromatic nitrogens is 2. The predicted molar refractivity (Wildman–Crippen MR) is 165 cm³/mol. The highest BCUT2D eigenvalue weighted by molar-refractivity contribution is 5.98. The van der Waals surface area contributed by atoms with Crippen molar-refractivity contribution in [3.05, 3.63) is 144 Å². The second-order valence-corrected chi connectivity index (χ2v) is 10.1. The second-order valence-electron chi connectivity index (χ2n) is 10.1. The average molecular weight is 571 g/mol. The topological polar surface area (TPSA) is 82.8 Å². The number of carbonyl (C=O) groups is 1. The van der Waals surface area contributed by atoms with Crippen LogP contribution in [0.4, 0.5) is 0 Å². The molecule has 2 heterocycles. The summed E-state index contributed by atoms with van der Waals surface area (Å²) in [7, 11) is 1.97. The Morgan fingerprint density at radius 3 is 1.95 bits per heavy atom. The molecule has 0 spiro atoms. The molecule has 0 aliphatic carbocycles. The lowest BCUT2D eigenvalue weighted by Crippen LogP contribution is -2.13. The van der Waals surface area contributed by atoms with E-state index in [4.69, 9.17) is 19.2 Å². The van der Waals surface area contributed by atoms with Crippen molar-refractivity contribution >= 4 is 16.9 Å². The van der Waals surface area contributed by atoms with Gasteiger partial charge in [-0.25, -0.2) is 9.78 Å². The molecule has 0 aliphatic heterocycles. The molecule has 7 heteroatoms. The van der Waals surface area contributed by atoms with E-state index in [1.165, 1.54) is 0 Å². The van der Waals surface area contributed by atoms with Gasteiger partial charge in [-0.1, -0.05) is 97.1 Å². The van der Waals surface area contributed by atoms with E-state index in [1.807, 2.05) is 133 Å². The first-order chi connectivity index (χ1) is 21.1. The number of hydrogen-bond acceptors (Lipinski definition) is 6. The van der Waals surface area contributed by atoms with Gasteiger partial charge in [0.15, 0.2) is 17.1 Å². The van der Waals surface area contributed by atoms with Crippen molar-refractivity contribution in [3.63, 3.8) is 0 Å². The van der Waals surface area contributed by atoms with Gasteiger partial charge in [-0.3, -0.25) is 0 Å². The van der Waals surface area contributed by atoms with Crippen LogP contribution in [0.15, 0.2) is 121 Å². The van der Waals surface area contributed by atoms with Gasteiger partial charge in [-0.05, 0) is 34.9 Å². The molecular weight excluding hydrogens is 540 g/mol. The number of carbonyl (C=O) groups excluding carboxylic acids is 1. The molecule has 0 amide bonds. The maximum atomic E-state index is 13.7. The fraction of sp³-hybridized carbons (Fsp3) is 0.111. The predicted octanol–water partition coefficient (Wildman–Crippen LogP) is 7.46. The van der Waals surface area contributed by atoms with E-state index in [2.05, 4.69) is 0 Å². The van der Waals surface area contributed by atoms with Crippen molar-refractivity contribution in [1.29, 1.82) is 0 Å². The molecule has 0 saturated heterocycles. The zero-order valence-corrected chi connectivity index (χ0v) is 23.6. The summed E-state index contributed by atoms with van der Waals surface area (Å²) in [6, 6.07) is 36.2. The normalized spacial score (nSPS) is 10.9. The summed E-state index contributed by atoms with van der Waals surface area (Å²) >= 11 is 0. The molecule has 0 atom stereocenters. The molecule has 0 bridgehead atoms. The summed E-state index contributed by atoms with van der Waals surface area (Å²) in [5.41, 5.74) is 4.40. The molecular formula is C36H30N2O5. The fourth-order valence-electron chi connectivity index (χ4n) is 4.84. The van der Waals surface area contributed by atoms with Gasteiger partial charge in [-0.15, -0.1) is 0 Å². The van der Waals surface area contributed by atoms with Crippen molar-refractivity contribution in [2.75, 3.05) is 0 Å². The van der Waals surface area contributed by atoms with Crippen LogP contribution >= 0.6 is 0 Å². The van der Waals surface area contributed by atoms with Gasteiger partial charge in [0.2, 0.25) is 5.88 Å². The number of esters is 1. The summed E-state index contributed by atoms with van der Waals surface area (Å²) in [5, 5.41) is 12.6. The number of hydrogen-bond donors (Lipinski definition) is 1. The van der Waals surface area contributed by atoms with Gasteiger partial charge in [-0.2, -0.15) is 0 Å². The standard InChI is InChI=1S/C36H30N2O5/c1-38-20-19-28-21-29(17-18-30(28)38)32-33(39)34(41-22-25-11-5-2-6-12-25)31(36(40)43-24-27-15-9-4-10-16-27)35(37-32)42-23-26-13-7-3-8-14-26/h2-21,39H,22-24H2,1H3. The van der Waals surface area contributed by atoms with Crippen LogP contribution in [0.2, 0.25) is 0 Å². The largest absolute Gasteiger partial charge is 0.503 e. The first-order valence-electron chi connectivity index (χ1n) is 13.9. The van der Waals surface area contributed by atoms with E-state index in [0.29, 0.717) is 5.56 Å². The summed E-state index contributed by atoms with van der Waals surface area (Å²) in [6.45, 7) is 0.280. The Labute approximate surface area is 249 Å². The zero-order valence-electron chi connectivity index (χ0n) is 23.6. The number of rotatable bonds is 10. The summed E-state index contributed by atoms with van der Waals surface area (Å²) < 4.78 is 20.1. The van der Waals surface area contributed by atoms with Crippen LogP contribution in [0.3, 0.4) is 0 Å². The molecule has 4 aromatic carbocycles. The molecule has 1 N–H and O–H groups in total. The molecule has 6 aromatic rings. The Balaban J connectivity index is 1.45. The van der Waals surface area contributed by atoms with Crippen LogP contribution in [-0.4, -0.2) is 20.6 Å². The molecule has 0 saturated carbocycles. The molecule has 0 radical (unpaired) electrons. The third kappa shape index (κ3) is 6.21. The lowest BCUT2D eigenvalue weighted by atomic mass is 10.1. The van der Waals surface area contributed by atoms with Crippen LogP contribution in [0.5, 0.6) is 17.4 Å². The van der Waals surface area contributed by atoms with Crippen molar-refractivity contribution in [3.8, 4) is 28.6 Å². The van der Waals surface area contributed by atoms with Crippen LogP contribution < -0.4 is 9.47 Å². The van der Waals surface area contributed by atoms with Crippen molar-refractivity contribution in [2.24, 2.45) is 7.05 Å². The number of pyridine rings is 1. The van der Waals surface area contributed by atoms with Crippen molar-refractivity contribution in [1.82, 2.24) is 9.55 Å². The maximum absolute atomic E-state index is 13.7. The lowest BCUT2D eigenvalue weighted by Gasteiger charge is -2.19. The molecule has 0 aliphatic rings. The first kappa shape index (κ1) is 27.6. The Hall–Kier alpha value is -5.56. The Morgan fingerprint density at radius 1 is 0.744 bits per heavy atom. The van der Waals surface area contributed by atoms with Crippen LogP contribution in [0.1, 0.15) is 27.0 Å². The van der Waals surface area contributed by atoms with E-state index in [9.17, 15) is 9.90 Å². The van der Waals surface area contributed by atoms with Gasteiger partial charge in [0.1, 0.15) is 25.5 Å². The van der Waals surface area contributed by atoms with Crippen LogP contribution in [-0.2, 0) is 31.6 Å². The highest BCUT2D eigenvalue weighted by Crippen LogP contribution is 2.44. The van der Waals surface area contributed by atoms with Crippen molar-refractivity contribution in [2.45, 2.75) is 19.8 Å². The summed E-state index contributed by atoms with van der Waals surface area (Å²) in [5.74, 6) is -1.04. The van der Waals surface area contributed by atoms with E-state index >= 15 is 0 Å². The Kier molecular flexibility index (Phi) is 8.04. The Bertz CT molecular complexity index is 1850. The van der Waals surface area contributed by atoms with Crippen LogP contribution in [0, 0.1) is 0 Å². The zero-order chi connectivity index (χ0) is 29.6. The van der Waals surface area contributed by atoms with Gasteiger partial charge in [0.25, 0.3) is 0 Å². The number of fused-ring (bicyclic) bond motifs is 1. The van der Waals surface area contributed by atoms with E-state index in [1.54, 1.807) is 0 Å². The van der Waals surface area contributed by atoms with Gasteiger partial charge in [0, 0.05) is 29.7 Å². The monoisotopic (exact) mass is 570 g/mol. The molecule has 0 unspecified atom stereocenters. The number of nitrogens with zero attached hydrogens (tertiary/aromatic N) is 2. The second kappa shape index (κ2) is 12.5. The number of ether oxygens (including phenoxy) is 3. The minimum absolute atomic E-state index is 0.00550. The highest BCUT2D eigenvalue weighted by atomic mass is 16.5. The van der Waals surface area contributed by atoms with E-state index < -0.39 is 5.97 Å². The fourth-order valence-corrected chi connectivity index (χ4v) is 4.84.